The number of hydrogen-bond donors (Lipinski definition) is 1. The fourth-order valence-corrected chi connectivity index (χ4v) is 4.46. The summed E-state index contributed by atoms with van der Waals surface area (Å²) in [6.07, 6.45) is 11.2. The molecule has 1 amide bonds. The number of carbonyl (C=O) groups excluding carboxylic acids is 1. The van der Waals surface area contributed by atoms with Crippen molar-refractivity contribution in [3.63, 3.8) is 0 Å². The maximum absolute atomic E-state index is 12.3. The molecule has 2 aromatic rings. The Morgan fingerprint density at radius 2 is 2.04 bits per heavy atom. The third kappa shape index (κ3) is 5.92. The number of carbonyl (C=O) groups is 1. The summed E-state index contributed by atoms with van der Waals surface area (Å²) in [5, 5.41) is 5.32. The van der Waals surface area contributed by atoms with Gasteiger partial charge in [-0.3, -0.25) is 14.7 Å². The van der Waals surface area contributed by atoms with Gasteiger partial charge >= 0.3 is 0 Å². The molecule has 0 aromatic carbocycles. The van der Waals surface area contributed by atoms with Crippen LogP contribution in [0.15, 0.2) is 42.0 Å². The summed E-state index contributed by atoms with van der Waals surface area (Å²) < 4.78 is 0. The number of nitrogens with zero attached hydrogens (tertiary/aromatic N) is 2. The minimum Gasteiger partial charge on any atom is -0.354 e. The van der Waals surface area contributed by atoms with Gasteiger partial charge in [0.25, 0.3) is 0 Å². The zero-order chi connectivity index (χ0) is 18.0. The molecule has 4 nitrogen and oxygen atoms in total. The van der Waals surface area contributed by atoms with Gasteiger partial charge in [0, 0.05) is 30.2 Å². The highest BCUT2D eigenvalue weighted by Gasteiger charge is 2.22. The highest BCUT2D eigenvalue weighted by atomic mass is 32.1. The summed E-state index contributed by atoms with van der Waals surface area (Å²) in [5.41, 5.74) is 1.20. The fourth-order valence-electron chi connectivity index (χ4n) is 3.60. The minimum atomic E-state index is 0.158. The minimum absolute atomic E-state index is 0.158. The van der Waals surface area contributed by atoms with Gasteiger partial charge in [-0.2, -0.15) is 0 Å². The molecule has 1 fully saturated rings. The van der Waals surface area contributed by atoms with E-state index in [1.807, 2.05) is 12.3 Å². The van der Waals surface area contributed by atoms with Gasteiger partial charge in [0.1, 0.15) is 0 Å². The van der Waals surface area contributed by atoms with Crippen LogP contribution in [-0.4, -0.2) is 35.4 Å². The first-order valence-electron chi connectivity index (χ1n) is 9.76. The number of hydrogen-bond acceptors (Lipinski definition) is 4. The molecule has 2 aromatic heterocycles. The molecule has 0 bridgehead atoms. The van der Waals surface area contributed by atoms with Crippen LogP contribution in [0.3, 0.4) is 0 Å². The normalized spacial score (nSPS) is 16.8. The average molecular weight is 372 g/mol. The van der Waals surface area contributed by atoms with Gasteiger partial charge in [-0.1, -0.05) is 25.0 Å². The topological polar surface area (TPSA) is 45.2 Å². The second-order valence-electron chi connectivity index (χ2n) is 7.00. The van der Waals surface area contributed by atoms with E-state index in [0.29, 0.717) is 19.0 Å². The number of nitrogens with one attached hydrogen (secondary N) is 1. The van der Waals surface area contributed by atoms with Gasteiger partial charge in [-0.25, -0.2) is 0 Å². The van der Waals surface area contributed by atoms with Crippen LogP contribution in [-0.2, 0) is 11.2 Å². The third-order valence-electron chi connectivity index (χ3n) is 5.04. The Hall–Kier alpha value is -1.72. The monoisotopic (exact) mass is 371 g/mol. The summed E-state index contributed by atoms with van der Waals surface area (Å²) in [5.74, 6) is 0.158. The number of aryl methyl sites for hydroxylation is 1. The van der Waals surface area contributed by atoms with Crippen molar-refractivity contribution in [3.05, 3.63) is 52.5 Å². The summed E-state index contributed by atoms with van der Waals surface area (Å²) in [6.45, 7) is 2.99. The lowest BCUT2D eigenvalue weighted by Crippen LogP contribution is -2.38. The lowest BCUT2D eigenvalue weighted by molar-refractivity contribution is -0.121. The van der Waals surface area contributed by atoms with Gasteiger partial charge in [-0.15, -0.1) is 11.3 Å². The molecule has 1 aliphatic heterocycles. The number of thiophene rings is 1. The lowest BCUT2D eigenvalue weighted by Gasteiger charge is -2.30. The second-order valence-corrected chi connectivity index (χ2v) is 7.98. The number of aromatic nitrogens is 1. The van der Waals surface area contributed by atoms with E-state index in [2.05, 4.69) is 38.8 Å². The van der Waals surface area contributed by atoms with E-state index < -0.39 is 0 Å². The Kier molecular flexibility index (Phi) is 7.65. The standard InChI is InChI=1S/C21H29N3OS/c25-21(11-5-8-18-9-6-12-22-16-18)23-17-19(20-10-7-15-26-20)24-13-3-1-2-4-14-24/h6-7,9-10,12,15-16,19H,1-5,8,11,13-14,17H2,(H,23,25). The molecule has 1 N–H and O–H groups in total. The number of amides is 1. The lowest BCUT2D eigenvalue weighted by atomic mass is 10.1. The van der Waals surface area contributed by atoms with Crippen LogP contribution < -0.4 is 5.32 Å². The van der Waals surface area contributed by atoms with Gasteiger partial charge in [0.15, 0.2) is 0 Å². The molecule has 1 saturated heterocycles. The van der Waals surface area contributed by atoms with Gasteiger partial charge < -0.3 is 5.32 Å². The van der Waals surface area contributed by atoms with E-state index in [1.54, 1.807) is 17.5 Å². The van der Waals surface area contributed by atoms with Gasteiger partial charge in [0.2, 0.25) is 5.91 Å². The zero-order valence-corrected chi connectivity index (χ0v) is 16.2. The number of rotatable bonds is 8. The molecule has 0 saturated carbocycles. The first-order valence-corrected chi connectivity index (χ1v) is 10.6. The molecule has 1 aliphatic rings. The molecule has 3 heterocycles. The van der Waals surface area contributed by atoms with E-state index in [-0.39, 0.29) is 5.91 Å². The Balaban J connectivity index is 1.48. The van der Waals surface area contributed by atoms with Crippen LogP contribution in [0.1, 0.15) is 55.0 Å². The summed E-state index contributed by atoms with van der Waals surface area (Å²) >= 11 is 1.80. The van der Waals surface area contributed by atoms with Crippen molar-refractivity contribution in [2.24, 2.45) is 0 Å². The van der Waals surface area contributed by atoms with Crippen molar-refractivity contribution in [2.45, 2.75) is 51.0 Å². The molecule has 1 atom stereocenters. The molecule has 5 heteroatoms. The maximum atomic E-state index is 12.3. The van der Waals surface area contributed by atoms with Crippen molar-refractivity contribution < 1.29 is 4.79 Å². The van der Waals surface area contributed by atoms with Crippen LogP contribution in [0.5, 0.6) is 0 Å². The van der Waals surface area contributed by atoms with Crippen molar-refractivity contribution in [1.29, 1.82) is 0 Å². The molecule has 140 valence electrons. The van der Waals surface area contributed by atoms with E-state index in [0.717, 1.165) is 25.9 Å². The van der Waals surface area contributed by atoms with Crippen LogP contribution in [0.2, 0.25) is 0 Å². The van der Waals surface area contributed by atoms with E-state index in [9.17, 15) is 4.79 Å². The maximum Gasteiger partial charge on any atom is 0.220 e. The quantitative estimate of drug-likeness (QED) is 0.756. The SMILES string of the molecule is O=C(CCCc1cccnc1)NCC(c1cccs1)N1CCCCCC1. The highest BCUT2D eigenvalue weighted by Crippen LogP contribution is 2.27. The zero-order valence-electron chi connectivity index (χ0n) is 15.4. The van der Waals surface area contributed by atoms with Crippen LogP contribution in [0.25, 0.3) is 0 Å². The van der Waals surface area contributed by atoms with E-state index in [4.69, 9.17) is 0 Å². The first kappa shape index (κ1) is 19.1. The smallest absolute Gasteiger partial charge is 0.220 e. The van der Waals surface area contributed by atoms with Gasteiger partial charge in [0.05, 0.1) is 6.04 Å². The third-order valence-corrected chi connectivity index (χ3v) is 6.01. The predicted octanol–water partition coefficient (Wildman–Crippen LogP) is 4.20. The van der Waals surface area contributed by atoms with Crippen LogP contribution >= 0.6 is 11.3 Å². The molecule has 0 spiro atoms. The predicted molar refractivity (Wildman–Crippen MR) is 107 cm³/mol. The highest BCUT2D eigenvalue weighted by molar-refractivity contribution is 7.10. The molecule has 0 radical (unpaired) electrons. The molecule has 26 heavy (non-hydrogen) atoms. The van der Waals surface area contributed by atoms with Crippen LogP contribution in [0, 0.1) is 0 Å². The number of pyridine rings is 1. The van der Waals surface area contributed by atoms with Crippen LogP contribution in [0.4, 0.5) is 0 Å². The molecule has 1 unspecified atom stereocenters. The Labute approximate surface area is 160 Å². The summed E-state index contributed by atoms with van der Waals surface area (Å²) in [4.78, 5) is 20.4. The first-order chi connectivity index (χ1) is 12.8. The molecular weight excluding hydrogens is 342 g/mol. The Morgan fingerprint density at radius 3 is 2.73 bits per heavy atom. The molecule has 0 aliphatic carbocycles. The van der Waals surface area contributed by atoms with E-state index >= 15 is 0 Å². The second kappa shape index (κ2) is 10.4. The molecule has 3 rings (SSSR count). The Bertz CT molecular complexity index is 637. The Morgan fingerprint density at radius 1 is 1.19 bits per heavy atom. The fraction of sp³-hybridized carbons (Fsp3) is 0.524. The number of likely N-dealkylation sites (tertiary alicyclic amines) is 1. The summed E-state index contributed by atoms with van der Waals surface area (Å²) in [7, 11) is 0. The van der Waals surface area contributed by atoms with Crippen molar-refractivity contribution in [3.8, 4) is 0 Å². The van der Waals surface area contributed by atoms with Crippen molar-refractivity contribution in [2.75, 3.05) is 19.6 Å². The van der Waals surface area contributed by atoms with Gasteiger partial charge in [-0.05, 0) is 61.8 Å². The summed E-state index contributed by atoms with van der Waals surface area (Å²) in [6, 6.07) is 8.64. The van der Waals surface area contributed by atoms with Crippen molar-refractivity contribution >= 4 is 17.2 Å². The van der Waals surface area contributed by atoms with Crippen molar-refractivity contribution in [1.82, 2.24) is 15.2 Å². The van der Waals surface area contributed by atoms with E-state index in [1.165, 1.54) is 36.1 Å². The average Bonchev–Trinajstić information content (AvgIpc) is 3.06. The largest absolute Gasteiger partial charge is 0.354 e. The molecular formula is C21H29N3OS.